The van der Waals surface area contributed by atoms with Crippen LogP contribution in [0.1, 0.15) is 28.0 Å². The van der Waals surface area contributed by atoms with Crippen molar-refractivity contribution in [3.63, 3.8) is 0 Å². The molecule has 0 aliphatic rings. The van der Waals surface area contributed by atoms with Crippen molar-refractivity contribution in [1.82, 2.24) is 20.1 Å². The molecule has 7 nitrogen and oxygen atoms in total. The van der Waals surface area contributed by atoms with Crippen molar-refractivity contribution in [2.24, 2.45) is 0 Å². The van der Waals surface area contributed by atoms with Gasteiger partial charge in [0, 0.05) is 37.3 Å². The second-order valence-corrected chi connectivity index (χ2v) is 7.43. The maximum atomic E-state index is 13.9. The van der Waals surface area contributed by atoms with Gasteiger partial charge >= 0.3 is 5.97 Å². The first-order chi connectivity index (χ1) is 16.0. The second-order valence-electron chi connectivity index (χ2n) is 7.43. The molecule has 0 spiro atoms. The molecule has 0 aliphatic heterocycles. The number of carboxylic acid groups (broad SMARTS) is 1. The highest BCUT2D eigenvalue weighted by molar-refractivity contribution is 5.87. The van der Waals surface area contributed by atoms with Gasteiger partial charge in [-0.05, 0) is 60.2 Å². The van der Waals surface area contributed by atoms with Gasteiger partial charge in [0.25, 0.3) is 0 Å². The average molecular weight is 444 g/mol. The van der Waals surface area contributed by atoms with Gasteiger partial charge in [-0.2, -0.15) is 5.10 Å². The third kappa shape index (κ3) is 5.48. The normalized spacial score (nSPS) is 10.7. The molecule has 2 N–H and O–H groups in total. The number of carbonyl (C=O) groups is 2. The molecule has 4 rings (SSSR count). The fourth-order valence-electron chi connectivity index (χ4n) is 3.38. The first kappa shape index (κ1) is 21.9. The molecule has 0 bridgehead atoms. The van der Waals surface area contributed by atoms with Gasteiger partial charge in [0.15, 0.2) is 0 Å². The van der Waals surface area contributed by atoms with Gasteiger partial charge in [-0.15, -0.1) is 0 Å². The molecule has 166 valence electrons. The van der Waals surface area contributed by atoms with Crippen LogP contribution in [0.5, 0.6) is 0 Å². The van der Waals surface area contributed by atoms with E-state index in [9.17, 15) is 14.0 Å². The minimum absolute atomic E-state index is 0.112. The molecule has 1 amide bonds. The molecular weight excluding hydrogens is 423 g/mol. The Kier molecular flexibility index (Phi) is 6.54. The molecule has 0 atom stereocenters. The summed E-state index contributed by atoms with van der Waals surface area (Å²) < 4.78 is 15.5. The smallest absolute Gasteiger partial charge is 0.335 e. The largest absolute Gasteiger partial charge is 0.478 e. The molecule has 2 heterocycles. The topological polar surface area (TPSA) is 97.1 Å². The number of aryl methyl sites for hydroxylation is 1. The van der Waals surface area contributed by atoms with E-state index in [4.69, 9.17) is 5.11 Å². The summed E-state index contributed by atoms with van der Waals surface area (Å²) in [4.78, 5) is 27.4. The zero-order valence-corrected chi connectivity index (χ0v) is 17.6. The Morgan fingerprint density at radius 3 is 2.45 bits per heavy atom. The first-order valence-corrected chi connectivity index (χ1v) is 10.3. The Balaban J connectivity index is 1.54. The summed E-state index contributed by atoms with van der Waals surface area (Å²) in [7, 11) is 0. The molecule has 2 aromatic heterocycles. The number of aromatic nitrogens is 3. The van der Waals surface area contributed by atoms with E-state index < -0.39 is 5.97 Å². The number of rotatable bonds is 8. The highest BCUT2D eigenvalue weighted by Crippen LogP contribution is 2.25. The van der Waals surface area contributed by atoms with E-state index in [1.54, 1.807) is 41.3 Å². The van der Waals surface area contributed by atoms with Crippen molar-refractivity contribution < 1.29 is 19.1 Å². The number of carboxylic acids is 1. The van der Waals surface area contributed by atoms with Crippen molar-refractivity contribution in [2.75, 3.05) is 0 Å². The predicted molar refractivity (Wildman–Crippen MR) is 120 cm³/mol. The number of hydrogen-bond donors (Lipinski definition) is 2. The van der Waals surface area contributed by atoms with Gasteiger partial charge in [0.05, 0.1) is 22.6 Å². The zero-order chi connectivity index (χ0) is 23.2. The predicted octanol–water partition coefficient (Wildman–Crippen LogP) is 4.02. The number of halogens is 1. The lowest BCUT2D eigenvalue weighted by molar-refractivity contribution is -0.121. The molecule has 2 aromatic carbocycles. The monoisotopic (exact) mass is 444 g/mol. The number of amides is 1. The number of nitrogens with one attached hydrogen (secondary N) is 1. The van der Waals surface area contributed by atoms with E-state index in [1.807, 2.05) is 18.2 Å². The van der Waals surface area contributed by atoms with Crippen LogP contribution in [0.3, 0.4) is 0 Å². The molecular formula is C25H21FN4O3. The number of pyridine rings is 1. The number of hydrogen-bond acceptors (Lipinski definition) is 4. The van der Waals surface area contributed by atoms with Crippen LogP contribution in [0.15, 0.2) is 79.1 Å². The molecule has 0 unspecified atom stereocenters. The van der Waals surface area contributed by atoms with Crippen molar-refractivity contribution in [3.8, 4) is 16.9 Å². The molecule has 8 heteroatoms. The molecule has 0 saturated heterocycles. The van der Waals surface area contributed by atoms with Crippen LogP contribution in [-0.2, 0) is 17.8 Å². The zero-order valence-electron chi connectivity index (χ0n) is 17.6. The third-order valence-electron chi connectivity index (χ3n) is 5.09. The van der Waals surface area contributed by atoms with Crippen molar-refractivity contribution in [3.05, 3.63) is 102 Å². The van der Waals surface area contributed by atoms with Crippen molar-refractivity contribution >= 4 is 11.9 Å². The lowest BCUT2D eigenvalue weighted by Crippen LogP contribution is -2.23. The SMILES string of the molecule is O=C(CCc1cc(-c2cccc(F)c2)n(-c2ccc(C(=O)O)cc2)n1)NCc1ccncc1. The summed E-state index contributed by atoms with van der Waals surface area (Å²) in [5, 5.41) is 16.6. The summed E-state index contributed by atoms with van der Waals surface area (Å²) in [5.74, 6) is -1.51. The maximum absolute atomic E-state index is 13.9. The number of nitrogens with zero attached hydrogens (tertiary/aromatic N) is 3. The van der Waals surface area contributed by atoms with Crippen LogP contribution < -0.4 is 5.32 Å². The minimum Gasteiger partial charge on any atom is -0.478 e. The average Bonchev–Trinajstić information content (AvgIpc) is 3.26. The van der Waals surface area contributed by atoms with Crippen LogP contribution in [0.4, 0.5) is 4.39 Å². The van der Waals surface area contributed by atoms with Gasteiger partial charge in [0.2, 0.25) is 5.91 Å². The molecule has 0 saturated carbocycles. The summed E-state index contributed by atoms with van der Waals surface area (Å²) >= 11 is 0. The third-order valence-corrected chi connectivity index (χ3v) is 5.09. The van der Waals surface area contributed by atoms with Crippen LogP contribution in [0, 0.1) is 5.82 Å². The van der Waals surface area contributed by atoms with Gasteiger partial charge in [0.1, 0.15) is 5.82 Å². The second kappa shape index (κ2) is 9.86. The number of aromatic carboxylic acids is 1. The van der Waals surface area contributed by atoms with Crippen LogP contribution >= 0.6 is 0 Å². The standard InChI is InChI=1S/C25H21FN4O3/c26-20-3-1-2-19(14-20)23-15-21(6-9-24(31)28-16-17-10-12-27-13-11-17)29-30(23)22-7-4-18(5-8-22)25(32)33/h1-5,7-8,10-15H,6,9,16H2,(H,28,31)(H,32,33). The van der Waals surface area contributed by atoms with Crippen molar-refractivity contribution in [1.29, 1.82) is 0 Å². The van der Waals surface area contributed by atoms with Crippen LogP contribution in [-0.4, -0.2) is 31.7 Å². The minimum atomic E-state index is -1.02. The highest BCUT2D eigenvalue weighted by Gasteiger charge is 2.14. The molecule has 33 heavy (non-hydrogen) atoms. The van der Waals surface area contributed by atoms with Crippen molar-refractivity contribution in [2.45, 2.75) is 19.4 Å². The lowest BCUT2D eigenvalue weighted by Gasteiger charge is -2.08. The molecule has 0 fully saturated rings. The molecule has 0 aliphatic carbocycles. The fourth-order valence-corrected chi connectivity index (χ4v) is 3.38. The maximum Gasteiger partial charge on any atom is 0.335 e. The summed E-state index contributed by atoms with van der Waals surface area (Å²) in [6.45, 7) is 0.417. The Hall–Kier alpha value is -4.33. The summed E-state index contributed by atoms with van der Waals surface area (Å²) in [6.07, 6.45) is 3.98. The molecule has 4 aromatic rings. The van der Waals surface area contributed by atoms with E-state index in [0.29, 0.717) is 35.6 Å². The van der Waals surface area contributed by atoms with E-state index in [2.05, 4.69) is 15.4 Å². The Bertz CT molecular complexity index is 1270. The number of benzene rings is 2. The quantitative estimate of drug-likeness (QED) is 0.428. The van der Waals surface area contributed by atoms with E-state index in [1.165, 1.54) is 24.3 Å². The van der Waals surface area contributed by atoms with Gasteiger partial charge in [-0.1, -0.05) is 12.1 Å². The fraction of sp³-hybridized carbons (Fsp3) is 0.120. The van der Waals surface area contributed by atoms with E-state index in [0.717, 1.165) is 5.56 Å². The van der Waals surface area contributed by atoms with Crippen LogP contribution in [0.25, 0.3) is 16.9 Å². The summed E-state index contributed by atoms with van der Waals surface area (Å²) in [5.41, 5.74) is 3.68. The highest BCUT2D eigenvalue weighted by atomic mass is 19.1. The number of carbonyl (C=O) groups excluding carboxylic acids is 1. The first-order valence-electron chi connectivity index (χ1n) is 10.3. The Labute approximate surface area is 189 Å². The van der Waals surface area contributed by atoms with Crippen LogP contribution in [0.2, 0.25) is 0 Å². The summed E-state index contributed by atoms with van der Waals surface area (Å²) in [6, 6.07) is 17.9. The van der Waals surface area contributed by atoms with Gasteiger partial charge in [-0.25, -0.2) is 13.9 Å². The van der Waals surface area contributed by atoms with E-state index in [-0.39, 0.29) is 23.7 Å². The Morgan fingerprint density at radius 1 is 1.00 bits per heavy atom. The Morgan fingerprint density at radius 2 is 1.76 bits per heavy atom. The molecule has 0 radical (unpaired) electrons. The lowest BCUT2D eigenvalue weighted by atomic mass is 10.1. The van der Waals surface area contributed by atoms with E-state index >= 15 is 0 Å². The van der Waals surface area contributed by atoms with Gasteiger partial charge in [-0.3, -0.25) is 9.78 Å². The van der Waals surface area contributed by atoms with Gasteiger partial charge < -0.3 is 10.4 Å².